The third-order valence-electron chi connectivity index (χ3n) is 3.81. The number of rotatable bonds is 5. The normalized spacial score (nSPS) is 25.2. The molecule has 0 saturated heterocycles. The molecule has 0 radical (unpaired) electrons. The second kappa shape index (κ2) is 5.76. The Balaban J connectivity index is 2.61. The van der Waals surface area contributed by atoms with Gasteiger partial charge in [-0.1, -0.05) is 25.5 Å². The lowest BCUT2D eigenvalue weighted by Crippen LogP contribution is -2.45. The topological polar surface area (TPSA) is 58.2 Å². The minimum atomic E-state index is -0.476. The summed E-state index contributed by atoms with van der Waals surface area (Å²) in [6.45, 7) is 12.4. The van der Waals surface area contributed by atoms with Gasteiger partial charge in [0.25, 0.3) is 0 Å². The Kier molecular flexibility index (Phi) is 4.77. The lowest BCUT2D eigenvalue weighted by atomic mass is 10.1. The molecule has 1 rings (SSSR count). The molecule has 19 heavy (non-hydrogen) atoms. The van der Waals surface area contributed by atoms with Crippen LogP contribution in [-0.2, 0) is 9.59 Å². The number of hydrogen-bond acceptors (Lipinski definition) is 2. The van der Waals surface area contributed by atoms with Crippen LogP contribution in [0.15, 0.2) is 11.6 Å². The van der Waals surface area contributed by atoms with Gasteiger partial charge in [-0.15, -0.1) is 0 Å². The molecule has 0 aromatic rings. The van der Waals surface area contributed by atoms with Crippen LogP contribution in [0.4, 0.5) is 0 Å². The minimum Gasteiger partial charge on any atom is -0.355 e. The lowest BCUT2D eigenvalue weighted by molar-refractivity contribution is -0.129. The monoisotopic (exact) mass is 266 g/mol. The van der Waals surface area contributed by atoms with Crippen molar-refractivity contribution in [3.8, 4) is 0 Å². The Labute approximate surface area is 116 Å². The maximum atomic E-state index is 12.2. The van der Waals surface area contributed by atoms with E-state index in [0.29, 0.717) is 6.54 Å². The first-order valence-electron chi connectivity index (χ1n) is 6.94. The first kappa shape index (κ1) is 15.7. The quantitative estimate of drug-likeness (QED) is 0.746. The van der Waals surface area contributed by atoms with Crippen molar-refractivity contribution in [1.29, 1.82) is 0 Å². The summed E-state index contributed by atoms with van der Waals surface area (Å²) >= 11 is 0. The summed E-state index contributed by atoms with van der Waals surface area (Å²) in [5, 5.41) is 5.51. The van der Waals surface area contributed by atoms with Gasteiger partial charge in [0.1, 0.15) is 6.04 Å². The molecule has 0 aromatic heterocycles. The van der Waals surface area contributed by atoms with Crippen LogP contribution in [-0.4, -0.2) is 24.4 Å². The maximum absolute atomic E-state index is 12.2. The van der Waals surface area contributed by atoms with E-state index in [1.54, 1.807) is 6.92 Å². The van der Waals surface area contributed by atoms with E-state index in [1.165, 1.54) is 5.57 Å². The molecule has 1 aliphatic rings. The number of nitrogens with one attached hydrogen (secondary N) is 2. The van der Waals surface area contributed by atoms with Crippen LogP contribution in [0.3, 0.4) is 0 Å². The van der Waals surface area contributed by atoms with Crippen molar-refractivity contribution in [3.63, 3.8) is 0 Å². The molecule has 0 bridgehead atoms. The van der Waals surface area contributed by atoms with E-state index in [9.17, 15) is 9.59 Å². The van der Waals surface area contributed by atoms with Crippen LogP contribution in [0, 0.1) is 17.3 Å². The lowest BCUT2D eigenvalue weighted by Gasteiger charge is -2.13. The molecule has 108 valence electrons. The highest BCUT2D eigenvalue weighted by atomic mass is 16.2. The molecule has 1 aliphatic carbocycles. The largest absolute Gasteiger partial charge is 0.355 e. The van der Waals surface area contributed by atoms with E-state index in [-0.39, 0.29) is 29.1 Å². The summed E-state index contributed by atoms with van der Waals surface area (Å²) in [7, 11) is 0. The van der Waals surface area contributed by atoms with Gasteiger partial charge >= 0.3 is 0 Å². The van der Waals surface area contributed by atoms with Crippen molar-refractivity contribution >= 4 is 11.8 Å². The Morgan fingerprint density at radius 3 is 2.37 bits per heavy atom. The zero-order valence-corrected chi connectivity index (χ0v) is 12.8. The average molecular weight is 266 g/mol. The molecule has 2 amide bonds. The number of hydrogen-bond donors (Lipinski definition) is 2. The summed E-state index contributed by atoms with van der Waals surface area (Å²) in [6, 6.07) is -0.476. The molecule has 1 saturated carbocycles. The van der Waals surface area contributed by atoms with Crippen molar-refractivity contribution in [2.24, 2.45) is 17.3 Å². The zero-order chi connectivity index (χ0) is 14.8. The third-order valence-corrected chi connectivity index (χ3v) is 3.81. The van der Waals surface area contributed by atoms with E-state index >= 15 is 0 Å². The van der Waals surface area contributed by atoms with Crippen LogP contribution < -0.4 is 10.6 Å². The second-order valence-electron chi connectivity index (χ2n) is 6.19. The standard InChI is InChI=1S/C15H26N2O2/c1-7-16-13(18)10(4)17-14(19)12-11(8-9(2)3)15(12,5)6/h8,10-12H,7H2,1-6H3,(H,16,18)(H,17,19)/t10-,11+,12-/m0/s1. The Morgan fingerprint density at radius 1 is 1.32 bits per heavy atom. The molecule has 0 heterocycles. The van der Waals surface area contributed by atoms with Crippen LogP contribution in [0.25, 0.3) is 0 Å². The number of allylic oxidation sites excluding steroid dienone is 2. The third kappa shape index (κ3) is 3.58. The highest BCUT2D eigenvalue weighted by Gasteiger charge is 2.60. The fraction of sp³-hybridized carbons (Fsp3) is 0.733. The van der Waals surface area contributed by atoms with Gasteiger partial charge in [0, 0.05) is 6.54 Å². The Hall–Kier alpha value is -1.32. The van der Waals surface area contributed by atoms with Gasteiger partial charge in [-0.05, 0) is 39.0 Å². The van der Waals surface area contributed by atoms with E-state index in [2.05, 4.69) is 30.6 Å². The van der Waals surface area contributed by atoms with Gasteiger partial charge in [-0.3, -0.25) is 9.59 Å². The smallest absolute Gasteiger partial charge is 0.242 e. The molecular weight excluding hydrogens is 240 g/mol. The molecule has 0 aromatic carbocycles. The van der Waals surface area contributed by atoms with Crippen molar-refractivity contribution in [3.05, 3.63) is 11.6 Å². The van der Waals surface area contributed by atoms with Crippen molar-refractivity contribution in [2.75, 3.05) is 6.54 Å². The fourth-order valence-electron chi connectivity index (χ4n) is 2.54. The van der Waals surface area contributed by atoms with Gasteiger partial charge in [-0.25, -0.2) is 0 Å². The summed E-state index contributed by atoms with van der Waals surface area (Å²) in [4.78, 5) is 23.8. The summed E-state index contributed by atoms with van der Waals surface area (Å²) in [6.07, 6.45) is 2.15. The zero-order valence-electron chi connectivity index (χ0n) is 12.8. The molecule has 0 spiro atoms. The summed E-state index contributed by atoms with van der Waals surface area (Å²) in [5.74, 6) is 0.0949. The van der Waals surface area contributed by atoms with Crippen LogP contribution >= 0.6 is 0 Å². The molecule has 3 atom stereocenters. The van der Waals surface area contributed by atoms with Gasteiger partial charge < -0.3 is 10.6 Å². The Bertz CT molecular complexity index is 395. The molecule has 4 nitrogen and oxygen atoms in total. The van der Waals surface area contributed by atoms with Crippen molar-refractivity contribution < 1.29 is 9.59 Å². The molecule has 2 N–H and O–H groups in total. The Morgan fingerprint density at radius 2 is 1.89 bits per heavy atom. The van der Waals surface area contributed by atoms with Gasteiger partial charge in [0.15, 0.2) is 0 Å². The van der Waals surface area contributed by atoms with E-state index in [4.69, 9.17) is 0 Å². The summed E-state index contributed by atoms with van der Waals surface area (Å²) in [5.41, 5.74) is 1.22. The van der Waals surface area contributed by atoms with Crippen LogP contribution in [0.2, 0.25) is 0 Å². The highest BCUT2D eigenvalue weighted by Crippen LogP contribution is 2.59. The average Bonchev–Trinajstić information content (AvgIpc) is 2.79. The van der Waals surface area contributed by atoms with E-state index < -0.39 is 6.04 Å². The number of carbonyl (C=O) groups excluding carboxylic acids is 2. The van der Waals surface area contributed by atoms with Gasteiger partial charge in [-0.2, -0.15) is 0 Å². The fourth-order valence-corrected chi connectivity index (χ4v) is 2.54. The minimum absolute atomic E-state index is 0.0116. The predicted octanol–water partition coefficient (Wildman–Crippen LogP) is 1.87. The maximum Gasteiger partial charge on any atom is 0.242 e. The first-order chi connectivity index (χ1) is 8.71. The van der Waals surface area contributed by atoms with Crippen LogP contribution in [0.1, 0.15) is 41.5 Å². The van der Waals surface area contributed by atoms with Gasteiger partial charge in [0.05, 0.1) is 5.92 Å². The molecule has 1 fully saturated rings. The highest BCUT2D eigenvalue weighted by molar-refractivity contribution is 5.90. The van der Waals surface area contributed by atoms with E-state index in [0.717, 1.165) is 0 Å². The summed E-state index contributed by atoms with van der Waals surface area (Å²) < 4.78 is 0. The molecule has 4 heteroatoms. The SMILES string of the molecule is CCNC(=O)[C@H](C)NC(=O)[C@@H]1[C@@H](C=C(C)C)C1(C)C. The van der Waals surface area contributed by atoms with Crippen LogP contribution in [0.5, 0.6) is 0 Å². The molecule has 0 unspecified atom stereocenters. The number of carbonyl (C=O) groups is 2. The number of amides is 2. The first-order valence-corrected chi connectivity index (χ1v) is 6.94. The molecular formula is C15H26N2O2. The van der Waals surface area contributed by atoms with Gasteiger partial charge in [0.2, 0.25) is 11.8 Å². The molecule has 0 aliphatic heterocycles. The van der Waals surface area contributed by atoms with E-state index in [1.807, 2.05) is 20.8 Å². The number of likely N-dealkylation sites (N-methyl/N-ethyl adjacent to an activating group) is 1. The predicted molar refractivity (Wildman–Crippen MR) is 76.5 cm³/mol. The van der Waals surface area contributed by atoms with Crippen molar-refractivity contribution in [1.82, 2.24) is 10.6 Å². The second-order valence-corrected chi connectivity index (χ2v) is 6.19. The van der Waals surface area contributed by atoms with Crippen molar-refractivity contribution in [2.45, 2.75) is 47.6 Å².